The number of Topliss-reactive ketones (excluding diaryl/α,β-unsaturated/α-hetero) is 1. The van der Waals surface area contributed by atoms with Gasteiger partial charge in [0.2, 0.25) is 0 Å². The van der Waals surface area contributed by atoms with Gasteiger partial charge in [0.15, 0.2) is 0 Å². The molecule has 0 saturated carbocycles. The van der Waals surface area contributed by atoms with Crippen LogP contribution in [-0.4, -0.2) is 18.4 Å². The molecule has 0 aromatic heterocycles. The molecule has 0 amide bonds. The fraction of sp³-hybridized carbons (Fsp3) is 0.700. The minimum absolute atomic E-state index is 0.275. The van der Waals surface area contributed by atoms with Gasteiger partial charge in [-0.05, 0) is 25.8 Å². The zero-order valence-corrected chi connectivity index (χ0v) is 7.25. The lowest BCUT2D eigenvalue weighted by Gasteiger charge is -2.25. The van der Waals surface area contributed by atoms with Crippen molar-refractivity contribution in [1.82, 2.24) is 5.32 Å². The normalized spacial score (nSPS) is 35.8. The van der Waals surface area contributed by atoms with Crippen LogP contribution in [0.2, 0.25) is 0 Å². The first-order valence-electron chi connectivity index (χ1n) is 4.79. The molecule has 2 nitrogen and oxygen atoms in total. The van der Waals surface area contributed by atoms with Crippen LogP contribution in [0.5, 0.6) is 0 Å². The summed E-state index contributed by atoms with van der Waals surface area (Å²) >= 11 is 0. The predicted molar refractivity (Wildman–Crippen MR) is 47.9 cm³/mol. The Labute approximate surface area is 73.0 Å². The summed E-state index contributed by atoms with van der Waals surface area (Å²) in [4.78, 5) is 11.6. The topological polar surface area (TPSA) is 29.1 Å². The third-order valence-electron chi connectivity index (χ3n) is 2.85. The molecule has 1 aliphatic carbocycles. The Morgan fingerprint density at radius 2 is 2.17 bits per heavy atom. The Morgan fingerprint density at radius 1 is 1.33 bits per heavy atom. The van der Waals surface area contributed by atoms with E-state index in [1.165, 1.54) is 0 Å². The van der Waals surface area contributed by atoms with Gasteiger partial charge in [0.25, 0.3) is 0 Å². The number of allylic oxidation sites excluding steroid dienone is 1. The number of rotatable bonds is 0. The zero-order chi connectivity index (χ0) is 8.39. The van der Waals surface area contributed by atoms with Gasteiger partial charge < -0.3 is 5.32 Å². The molecule has 66 valence electrons. The van der Waals surface area contributed by atoms with E-state index in [4.69, 9.17) is 0 Å². The summed E-state index contributed by atoms with van der Waals surface area (Å²) < 4.78 is 0. The summed E-state index contributed by atoms with van der Waals surface area (Å²) in [6, 6.07) is 0.435. The molecule has 0 radical (unpaired) electrons. The second-order valence-corrected chi connectivity index (χ2v) is 3.68. The molecule has 1 N–H and O–H groups in total. The maximum absolute atomic E-state index is 11.6. The Bertz CT molecular complexity index is 210. The van der Waals surface area contributed by atoms with Gasteiger partial charge in [-0.3, -0.25) is 4.79 Å². The van der Waals surface area contributed by atoms with E-state index in [-0.39, 0.29) is 5.92 Å². The van der Waals surface area contributed by atoms with Crippen LogP contribution >= 0.6 is 0 Å². The molecular weight excluding hydrogens is 150 g/mol. The van der Waals surface area contributed by atoms with Crippen LogP contribution in [0.4, 0.5) is 0 Å². The lowest BCUT2D eigenvalue weighted by molar-refractivity contribution is -0.123. The summed E-state index contributed by atoms with van der Waals surface area (Å²) in [6.45, 7) is 1.01. The minimum Gasteiger partial charge on any atom is -0.313 e. The van der Waals surface area contributed by atoms with E-state index in [0.717, 1.165) is 32.2 Å². The van der Waals surface area contributed by atoms with Crippen molar-refractivity contribution in [1.29, 1.82) is 0 Å². The number of hydrogen-bond acceptors (Lipinski definition) is 2. The lowest BCUT2D eigenvalue weighted by Crippen LogP contribution is -2.38. The number of ketones is 1. The third kappa shape index (κ3) is 1.44. The summed E-state index contributed by atoms with van der Waals surface area (Å²) in [7, 11) is 0. The van der Waals surface area contributed by atoms with E-state index in [9.17, 15) is 4.79 Å². The third-order valence-corrected chi connectivity index (χ3v) is 2.85. The molecule has 0 spiro atoms. The largest absolute Gasteiger partial charge is 0.313 e. The second kappa shape index (κ2) is 3.40. The number of carbonyl (C=O) groups is 1. The van der Waals surface area contributed by atoms with Crippen LogP contribution in [0.15, 0.2) is 12.2 Å². The highest BCUT2D eigenvalue weighted by Crippen LogP contribution is 2.23. The average Bonchev–Trinajstić information content (AvgIpc) is 2.29. The number of fused-ring (bicyclic) bond motifs is 1. The maximum Gasteiger partial charge on any atom is 0.137 e. The Balaban J connectivity index is 2.13. The average molecular weight is 165 g/mol. The van der Waals surface area contributed by atoms with Gasteiger partial charge >= 0.3 is 0 Å². The van der Waals surface area contributed by atoms with Crippen molar-refractivity contribution >= 4 is 5.78 Å². The van der Waals surface area contributed by atoms with Crippen molar-refractivity contribution in [3.63, 3.8) is 0 Å². The monoisotopic (exact) mass is 165 g/mol. The van der Waals surface area contributed by atoms with E-state index in [1.54, 1.807) is 0 Å². The van der Waals surface area contributed by atoms with Gasteiger partial charge in [-0.2, -0.15) is 0 Å². The van der Waals surface area contributed by atoms with Gasteiger partial charge in [0.05, 0.1) is 0 Å². The van der Waals surface area contributed by atoms with Gasteiger partial charge in [0, 0.05) is 18.4 Å². The van der Waals surface area contributed by atoms with Gasteiger partial charge in [0.1, 0.15) is 5.78 Å². The van der Waals surface area contributed by atoms with Crippen molar-refractivity contribution < 1.29 is 4.79 Å². The first-order chi connectivity index (χ1) is 5.88. The van der Waals surface area contributed by atoms with Crippen molar-refractivity contribution in [2.24, 2.45) is 5.92 Å². The fourth-order valence-electron chi connectivity index (χ4n) is 2.13. The van der Waals surface area contributed by atoms with E-state index < -0.39 is 0 Å². The Kier molecular flexibility index (Phi) is 2.26. The van der Waals surface area contributed by atoms with E-state index >= 15 is 0 Å². The molecule has 1 heterocycles. The van der Waals surface area contributed by atoms with Crippen LogP contribution in [0, 0.1) is 5.92 Å². The number of hydrogen-bond donors (Lipinski definition) is 1. The first kappa shape index (κ1) is 7.99. The summed E-state index contributed by atoms with van der Waals surface area (Å²) in [5.74, 6) is 0.742. The summed E-state index contributed by atoms with van der Waals surface area (Å²) in [5, 5.41) is 3.44. The zero-order valence-electron chi connectivity index (χ0n) is 7.25. The van der Waals surface area contributed by atoms with Gasteiger partial charge in [-0.25, -0.2) is 0 Å². The van der Waals surface area contributed by atoms with E-state index in [2.05, 4.69) is 17.5 Å². The highest BCUT2D eigenvalue weighted by Gasteiger charge is 2.29. The molecule has 2 heteroatoms. The summed E-state index contributed by atoms with van der Waals surface area (Å²) in [6.07, 6.45) is 8.12. The Hall–Kier alpha value is -0.630. The lowest BCUT2D eigenvalue weighted by atomic mass is 9.85. The molecule has 1 fully saturated rings. The first-order valence-corrected chi connectivity index (χ1v) is 4.79. The van der Waals surface area contributed by atoms with Crippen molar-refractivity contribution in [3.05, 3.63) is 12.2 Å². The minimum atomic E-state index is 0.275. The highest BCUT2D eigenvalue weighted by molar-refractivity contribution is 5.82. The molecule has 1 saturated heterocycles. The van der Waals surface area contributed by atoms with Crippen LogP contribution in [0.25, 0.3) is 0 Å². The molecule has 1 aliphatic heterocycles. The molecule has 2 rings (SSSR count). The molecule has 12 heavy (non-hydrogen) atoms. The molecule has 2 atom stereocenters. The van der Waals surface area contributed by atoms with Crippen molar-refractivity contribution in [2.45, 2.75) is 31.7 Å². The van der Waals surface area contributed by atoms with Crippen LogP contribution in [0.3, 0.4) is 0 Å². The van der Waals surface area contributed by atoms with E-state index in [0.29, 0.717) is 11.8 Å². The second-order valence-electron chi connectivity index (χ2n) is 3.68. The molecular formula is C10H15NO. The smallest absolute Gasteiger partial charge is 0.137 e. The molecule has 2 aliphatic rings. The molecule has 2 unspecified atom stereocenters. The quantitative estimate of drug-likeness (QED) is 0.548. The van der Waals surface area contributed by atoms with Gasteiger partial charge in [-0.15, -0.1) is 0 Å². The van der Waals surface area contributed by atoms with Crippen molar-refractivity contribution in [2.75, 3.05) is 6.54 Å². The van der Waals surface area contributed by atoms with Crippen molar-refractivity contribution in [3.8, 4) is 0 Å². The standard InChI is InChI=1S/C10H15NO/c12-10-6-3-7-11-9-5-2-1-4-8(9)10/h1-2,8-9,11H,3-7H2. The maximum atomic E-state index is 11.6. The van der Waals surface area contributed by atoms with E-state index in [1.807, 2.05) is 0 Å². The molecule has 0 bridgehead atoms. The highest BCUT2D eigenvalue weighted by atomic mass is 16.1. The van der Waals surface area contributed by atoms with Gasteiger partial charge in [-0.1, -0.05) is 12.2 Å². The molecule has 0 aromatic carbocycles. The number of carbonyl (C=O) groups excluding carboxylic acids is 1. The fourth-order valence-corrected chi connectivity index (χ4v) is 2.13. The Morgan fingerprint density at radius 3 is 3.08 bits per heavy atom. The predicted octanol–water partition coefficient (Wildman–Crippen LogP) is 1.27. The SMILES string of the molecule is O=C1CCCNC2CC=CCC12. The number of nitrogens with one attached hydrogen (secondary N) is 1. The van der Waals surface area contributed by atoms with Crippen LogP contribution in [-0.2, 0) is 4.79 Å². The summed E-state index contributed by atoms with van der Waals surface area (Å²) in [5.41, 5.74) is 0. The molecule has 0 aromatic rings. The van der Waals surface area contributed by atoms with Crippen LogP contribution < -0.4 is 5.32 Å². The van der Waals surface area contributed by atoms with Crippen LogP contribution in [0.1, 0.15) is 25.7 Å².